The molecule has 62 valence electrons. The molecule has 0 unspecified atom stereocenters. The highest BCUT2D eigenvalue weighted by atomic mass is 35.5. The number of nitrogens with one attached hydrogen (secondary N) is 1. The second-order valence-electron chi connectivity index (χ2n) is 1.76. The van der Waals surface area contributed by atoms with Gasteiger partial charge in [-0.25, -0.2) is 13.1 Å². The summed E-state index contributed by atoms with van der Waals surface area (Å²) in [7, 11) is -2.00. The lowest BCUT2D eigenvalue weighted by Gasteiger charge is -1.97. The van der Waals surface area contributed by atoms with Crippen molar-refractivity contribution in [1.29, 1.82) is 0 Å². The van der Waals surface area contributed by atoms with E-state index in [1.54, 1.807) is 11.4 Å². The Morgan fingerprint density at radius 2 is 2.27 bits per heavy atom. The second kappa shape index (κ2) is 3.10. The molecular formula is C5H6ClNO2S2. The Kier molecular flexibility index (Phi) is 2.54. The lowest BCUT2D eigenvalue weighted by molar-refractivity contribution is 0.590. The molecule has 11 heavy (non-hydrogen) atoms. The van der Waals surface area contributed by atoms with E-state index in [4.69, 9.17) is 11.6 Å². The quantitative estimate of drug-likeness (QED) is 0.802. The highest BCUT2D eigenvalue weighted by Gasteiger charge is 2.16. The van der Waals surface area contributed by atoms with Crippen molar-refractivity contribution in [2.45, 2.75) is 4.21 Å². The highest BCUT2D eigenvalue weighted by Crippen LogP contribution is 2.26. The van der Waals surface area contributed by atoms with Crippen LogP contribution in [0.5, 0.6) is 0 Å². The summed E-state index contributed by atoms with van der Waals surface area (Å²) in [5, 5.41) is 1.90. The molecule has 0 radical (unpaired) electrons. The smallest absolute Gasteiger partial charge is 0.213 e. The fourth-order valence-corrected chi connectivity index (χ4v) is 3.08. The van der Waals surface area contributed by atoms with Crippen LogP contribution in [-0.2, 0) is 10.0 Å². The van der Waals surface area contributed by atoms with Gasteiger partial charge in [0.25, 0.3) is 10.0 Å². The van der Waals surface area contributed by atoms with Crippen LogP contribution in [0.15, 0.2) is 15.7 Å². The normalized spacial score (nSPS) is 11.8. The molecule has 1 N–H and O–H groups in total. The van der Waals surface area contributed by atoms with Crippen molar-refractivity contribution in [3.63, 3.8) is 0 Å². The first-order valence-electron chi connectivity index (χ1n) is 2.74. The first-order chi connectivity index (χ1) is 5.08. The Morgan fingerprint density at radius 3 is 2.64 bits per heavy atom. The zero-order chi connectivity index (χ0) is 8.48. The predicted octanol–water partition coefficient (Wildman–Crippen LogP) is 1.31. The third-order valence-electron chi connectivity index (χ3n) is 1.10. The van der Waals surface area contributed by atoms with Gasteiger partial charge in [-0.05, 0) is 18.5 Å². The average Bonchev–Trinajstić information content (AvgIpc) is 2.36. The van der Waals surface area contributed by atoms with Crippen LogP contribution >= 0.6 is 22.9 Å². The van der Waals surface area contributed by atoms with E-state index in [0.717, 1.165) is 11.3 Å². The van der Waals surface area contributed by atoms with Crippen LogP contribution in [-0.4, -0.2) is 15.5 Å². The van der Waals surface area contributed by atoms with Gasteiger partial charge in [0.2, 0.25) is 0 Å². The fraction of sp³-hybridized carbons (Fsp3) is 0.200. The molecule has 0 amide bonds. The third kappa shape index (κ3) is 1.73. The summed E-state index contributed by atoms with van der Waals surface area (Å²) in [6.07, 6.45) is 0. The zero-order valence-corrected chi connectivity index (χ0v) is 8.05. The van der Waals surface area contributed by atoms with Gasteiger partial charge in [0.1, 0.15) is 0 Å². The van der Waals surface area contributed by atoms with E-state index in [9.17, 15) is 8.42 Å². The van der Waals surface area contributed by atoms with Crippen molar-refractivity contribution in [2.24, 2.45) is 0 Å². The highest BCUT2D eigenvalue weighted by molar-refractivity contribution is 7.91. The Labute approximate surface area is 74.1 Å². The van der Waals surface area contributed by atoms with Gasteiger partial charge in [-0.3, -0.25) is 0 Å². The van der Waals surface area contributed by atoms with Crippen molar-refractivity contribution in [2.75, 3.05) is 7.05 Å². The number of rotatable bonds is 2. The average molecular weight is 212 g/mol. The largest absolute Gasteiger partial charge is 0.251 e. The van der Waals surface area contributed by atoms with Gasteiger partial charge < -0.3 is 0 Å². The molecule has 1 heterocycles. The molecule has 0 aliphatic rings. The number of hydrogen-bond acceptors (Lipinski definition) is 3. The molecule has 6 heteroatoms. The van der Waals surface area contributed by atoms with Crippen LogP contribution in [0.4, 0.5) is 0 Å². The lowest BCUT2D eigenvalue weighted by atomic mass is 10.7. The van der Waals surface area contributed by atoms with Gasteiger partial charge in [-0.2, -0.15) is 0 Å². The van der Waals surface area contributed by atoms with E-state index in [2.05, 4.69) is 4.72 Å². The van der Waals surface area contributed by atoms with Gasteiger partial charge >= 0.3 is 0 Å². The van der Waals surface area contributed by atoms with E-state index in [1.807, 2.05) is 0 Å². The van der Waals surface area contributed by atoms with Crippen LogP contribution in [0.1, 0.15) is 0 Å². The summed E-state index contributed by atoms with van der Waals surface area (Å²) in [6, 6.07) is 1.55. The Balaban J connectivity index is 3.22. The van der Waals surface area contributed by atoms with Crippen LogP contribution in [0.2, 0.25) is 5.02 Å². The third-order valence-corrected chi connectivity index (χ3v) is 4.53. The number of hydrogen-bond donors (Lipinski definition) is 1. The van der Waals surface area contributed by atoms with Crippen LogP contribution < -0.4 is 4.72 Å². The minimum Gasteiger partial charge on any atom is -0.213 e. The lowest BCUT2D eigenvalue weighted by Crippen LogP contribution is -2.17. The molecule has 0 atom stereocenters. The standard InChI is InChI=1S/C5H6ClNO2S2/c1-7-11(8,9)5-4(6)2-3-10-5/h2-3,7H,1H3. The van der Waals surface area contributed by atoms with Crippen LogP contribution in [0.3, 0.4) is 0 Å². The van der Waals surface area contributed by atoms with E-state index in [0.29, 0.717) is 0 Å². The number of thiophene rings is 1. The number of sulfonamides is 1. The summed E-state index contributed by atoms with van der Waals surface area (Å²) in [5.74, 6) is 0. The molecule has 0 fully saturated rings. The van der Waals surface area contributed by atoms with E-state index in [1.165, 1.54) is 7.05 Å². The summed E-state index contributed by atoms with van der Waals surface area (Å²) < 4.78 is 24.5. The van der Waals surface area contributed by atoms with Gasteiger partial charge in [-0.1, -0.05) is 11.6 Å². The van der Waals surface area contributed by atoms with Gasteiger partial charge in [0.15, 0.2) is 4.21 Å². The molecule has 0 aliphatic heterocycles. The molecule has 3 nitrogen and oxygen atoms in total. The van der Waals surface area contributed by atoms with Gasteiger partial charge in [-0.15, -0.1) is 11.3 Å². The molecule has 0 saturated heterocycles. The Morgan fingerprint density at radius 1 is 1.64 bits per heavy atom. The molecule has 0 aliphatic carbocycles. The van der Waals surface area contributed by atoms with Crippen molar-refractivity contribution in [1.82, 2.24) is 4.72 Å². The monoisotopic (exact) mass is 211 g/mol. The molecule has 1 aromatic rings. The summed E-state index contributed by atoms with van der Waals surface area (Å²) in [6.45, 7) is 0. The minimum absolute atomic E-state index is 0.168. The van der Waals surface area contributed by atoms with Crippen molar-refractivity contribution < 1.29 is 8.42 Å². The van der Waals surface area contributed by atoms with Crippen molar-refractivity contribution in [3.05, 3.63) is 16.5 Å². The van der Waals surface area contributed by atoms with Gasteiger partial charge in [0, 0.05) is 0 Å². The summed E-state index contributed by atoms with van der Waals surface area (Å²) in [4.78, 5) is 0. The maximum Gasteiger partial charge on any atom is 0.251 e. The first-order valence-corrected chi connectivity index (χ1v) is 5.48. The maximum atomic E-state index is 11.1. The number of halogens is 1. The second-order valence-corrected chi connectivity index (χ2v) is 5.17. The molecule has 0 spiro atoms. The molecular weight excluding hydrogens is 206 g/mol. The van der Waals surface area contributed by atoms with Crippen LogP contribution in [0, 0.1) is 0 Å². The minimum atomic E-state index is -3.35. The predicted molar refractivity (Wildman–Crippen MR) is 45.6 cm³/mol. The fourth-order valence-electron chi connectivity index (χ4n) is 0.564. The van der Waals surface area contributed by atoms with Crippen LogP contribution in [0.25, 0.3) is 0 Å². The Hall–Kier alpha value is -0.100. The van der Waals surface area contributed by atoms with Crippen molar-refractivity contribution in [3.8, 4) is 0 Å². The van der Waals surface area contributed by atoms with Gasteiger partial charge in [0.05, 0.1) is 5.02 Å². The van der Waals surface area contributed by atoms with E-state index in [-0.39, 0.29) is 9.23 Å². The molecule has 0 bridgehead atoms. The van der Waals surface area contributed by atoms with Crippen molar-refractivity contribution >= 4 is 33.0 Å². The first kappa shape index (κ1) is 8.99. The van der Waals surface area contributed by atoms with E-state index >= 15 is 0 Å². The SMILES string of the molecule is CNS(=O)(=O)c1sccc1Cl. The molecule has 1 aromatic heterocycles. The Bertz CT molecular complexity index is 343. The van der Waals surface area contributed by atoms with E-state index < -0.39 is 10.0 Å². The summed E-state index contributed by atoms with van der Waals surface area (Å²) in [5.41, 5.74) is 0. The molecule has 0 aromatic carbocycles. The topological polar surface area (TPSA) is 46.2 Å². The molecule has 0 saturated carbocycles. The molecule has 1 rings (SSSR count). The maximum absolute atomic E-state index is 11.1. The zero-order valence-electron chi connectivity index (χ0n) is 5.67. The summed E-state index contributed by atoms with van der Waals surface area (Å²) >= 11 is 6.69.